The molecule has 84 valence electrons. The van der Waals surface area contributed by atoms with Gasteiger partial charge >= 0.3 is 5.97 Å². The predicted octanol–water partition coefficient (Wildman–Crippen LogP) is -0.850. The molecule has 0 aliphatic carbocycles. The second-order valence-corrected chi connectivity index (χ2v) is 5.02. The van der Waals surface area contributed by atoms with Crippen molar-refractivity contribution in [2.45, 2.75) is 31.6 Å². The number of nitrogens with one attached hydrogen (secondary N) is 1. The molecule has 0 spiro atoms. The smallest absolute Gasteiger partial charge is 0.323 e. The molecule has 7 heteroatoms. The van der Waals surface area contributed by atoms with Gasteiger partial charge in [0, 0.05) is 6.54 Å². The van der Waals surface area contributed by atoms with E-state index in [-0.39, 0.29) is 6.54 Å². The lowest BCUT2D eigenvalue weighted by Gasteiger charge is -2.12. The van der Waals surface area contributed by atoms with Gasteiger partial charge in [-0.25, -0.2) is 13.1 Å². The summed E-state index contributed by atoms with van der Waals surface area (Å²) in [6.45, 7) is 2.61. The van der Waals surface area contributed by atoms with Crippen LogP contribution in [0.1, 0.15) is 20.3 Å². The van der Waals surface area contributed by atoms with Crippen molar-refractivity contribution < 1.29 is 23.4 Å². The summed E-state index contributed by atoms with van der Waals surface area (Å²) in [7, 11) is -3.87. The van der Waals surface area contributed by atoms with Crippen LogP contribution in [0.5, 0.6) is 0 Å². The van der Waals surface area contributed by atoms with Crippen LogP contribution < -0.4 is 4.72 Å². The van der Waals surface area contributed by atoms with Crippen molar-refractivity contribution in [1.29, 1.82) is 0 Å². The maximum Gasteiger partial charge on any atom is 0.323 e. The summed E-state index contributed by atoms with van der Waals surface area (Å²) in [5, 5.41) is 16.0. The zero-order chi connectivity index (χ0) is 11.4. The number of aliphatic hydroxyl groups excluding tert-OH is 1. The molecule has 0 bridgehead atoms. The second kappa shape index (κ2) is 5.28. The van der Waals surface area contributed by atoms with Crippen LogP contribution in [0.2, 0.25) is 0 Å². The highest BCUT2D eigenvalue weighted by Crippen LogP contribution is 1.99. The molecular formula is C7H15NO5S. The van der Waals surface area contributed by atoms with Crippen LogP contribution in [0.4, 0.5) is 0 Å². The number of sulfonamides is 1. The zero-order valence-electron chi connectivity index (χ0n) is 8.10. The largest absolute Gasteiger partial charge is 0.480 e. The lowest BCUT2D eigenvalue weighted by atomic mass is 10.3. The molecule has 0 amide bonds. The number of aliphatic hydroxyl groups is 1. The summed E-state index contributed by atoms with van der Waals surface area (Å²) in [6.07, 6.45) is -0.380. The van der Waals surface area contributed by atoms with Crippen molar-refractivity contribution in [2.24, 2.45) is 0 Å². The fourth-order valence-corrected chi connectivity index (χ4v) is 1.55. The van der Waals surface area contributed by atoms with E-state index in [9.17, 15) is 13.2 Å². The third kappa shape index (κ3) is 4.03. The summed E-state index contributed by atoms with van der Waals surface area (Å²) >= 11 is 0. The molecule has 0 saturated heterocycles. The lowest BCUT2D eigenvalue weighted by molar-refractivity contribution is -0.136. The normalized spacial score (nSPS) is 16.2. The van der Waals surface area contributed by atoms with E-state index in [1.54, 1.807) is 6.92 Å². The van der Waals surface area contributed by atoms with Crippen molar-refractivity contribution in [1.82, 2.24) is 4.72 Å². The fourth-order valence-electron chi connectivity index (χ4n) is 0.614. The summed E-state index contributed by atoms with van der Waals surface area (Å²) in [5.74, 6) is -1.41. The molecule has 2 atom stereocenters. The van der Waals surface area contributed by atoms with Gasteiger partial charge in [0.1, 0.15) is 0 Å². The molecule has 0 aliphatic rings. The van der Waals surface area contributed by atoms with E-state index in [0.717, 1.165) is 6.92 Å². The van der Waals surface area contributed by atoms with E-state index in [2.05, 4.69) is 0 Å². The topological polar surface area (TPSA) is 104 Å². The van der Waals surface area contributed by atoms with Crippen LogP contribution in [0.25, 0.3) is 0 Å². The summed E-state index contributed by atoms with van der Waals surface area (Å²) < 4.78 is 24.4. The Labute approximate surface area is 83.0 Å². The maximum absolute atomic E-state index is 11.2. The highest BCUT2D eigenvalue weighted by Gasteiger charge is 2.27. The summed E-state index contributed by atoms with van der Waals surface area (Å²) in [4.78, 5) is 10.4. The highest BCUT2D eigenvalue weighted by molar-refractivity contribution is 7.90. The van der Waals surface area contributed by atoms with Crippen LogP contribution in [0, 0.1) is 0 Å². The van der Waals surface area contributed by atoms with Gasteiger partial charge < -0.3 is 10.2 Å². The molecule has 0 aromatic heterocycles. The molecule has 0 rings (SSSR count). The maximum atomic E-state index is 11.2. The first kappa shape index (κ1) is 13.3. The number of carboxylic acid groups (broad SMARTS) is 1. The average molecular weight is 225 g/mol. The Morgan fingerprint density at radius 3 is 2.36 bits per heavy atom. The Kier molecular flexibility index (Phi) is 5.03. The van der Waals surface area contributed by atoms with Gasteiger partial charge in [0.2, 0.25) is 10.0 Å². The predicted molar refractivity (Wildman–Crippen MR) is 50.3 cm³/mol. The number of rotatable bonds is 6. The van der Waals surface area contributed by atoms with E-state index >= 15 is 0 Å². The van der Waals surface area contributed by atoms with Crippen LogP contribution in [-0.2, 0) is 14.8 Å². The SMILES string of the molecule is CCC(O)CNS(=O)(=O)C(C)C(=O)O. The van der Waals surface area contributed by atoms with Gasteiger partial charge in [-0.3, -0.25) is 4.79 Å². The second-order valence-electron chi connectivity index (χ2n) is 2.94. The van der Waals surface area contributed by atoms with Crippen molar-refractivity contribution in [3.05, 3.63) is 0 Å². The highest BCUT2D eigenvalue weighted by atomic mass is 32.2. The van der Waals surface area contributed by atoms with Gasteiger partial charge in [-0.1, -0.05) is 6.92 Å². The quantitative estimate of drug-likeness (QED) is 0.546. The molecular weight excluding hydrogens is 210 g/mol. The first-order valence-electron chi connectivity index (χ1n) is 4.20. The van der Waals surface area contributed by atoms with E-state index in [1.165, 1.54) is 0 Å². The average Bonchev–Trinajstić information content (AvgIpc) is 2.12. The summed E-state index contributed by atoms with van der Waals surface area (Å²) in [6, 6.07) is 0. The molecule has 0 heterocycles. The third-order valence-corrected chi connectivity index (χ3v) is 3.51. The van der Waals surface area contributed by atoms with Gasteiger partial charge in [0.05, 0.1) is 6.10 Å². The molecule has 3 N–H and O–H groups in total. The molecule has 0 radical (unpaired) electrons. The third-order valence-electron chi connectivity index (χ3n) is 1.80. The number of hydrogen-bond acceptors (Lipinski definition) is 4. The number of hydrogen-bond donors (Lipinski definition) is 3. The van der Waals surface area contributed by atoms with E-state index < -0.39 is 27.3 Å². The van der Waals surface area contributed by atoms with E-state index in [1.807, 2.05) is 4.72 Å². The van der Waals surface area contributed by atoms with Crippen molar-refractivity contribution >= 4 is 16.0 Å². The molecule has 0 aliphatic heterocycles. The van der Waals surface area contributed by atoms with Gasteiger partial charge in [0.15, 0.2) is 5.25 Å². The number of carboxylic acids is 1. The minimum absolute atomic E-state index is 0.156. The number of carbonyl (C=O) groups is 1. The molecule has 0 aromatic carbocycles. The molecule has 0 saturated carbocycles. The first-order valence-corrected chi connectivity index (χ1v) is 5.75. The van der Waals surface area contributed by atoms with Crippen molar-refractivity contribution in [2.75, 3.05) is 6.54 Å². The van der Waals surface area contributed by atoms with Crippen molar-refractivity contribution in [3.63, 3.8) is 0 Å². The standard InChI is InChI=1S/C7H15NO5S/c1-3-6(9)4-8-14(12,13)5(2)7(10)11/h5-6,8-9H,3-4H2,1-2H3,(H,10,11). The Morgan fingerprint density at radius 1 is 1.50 bits per heavy atom. The van der Waals surface area contributed by atoms with Crippen LogP contribution in [-0.4, -0.2) is 42.5 Å². The van der Waals surface area contributed by atoms with Crippen LogP contribution in [0.3, 0.4) is 0 Å². The Balaban J connectivity index is 4.29. The Morgan fingerprint density at radius 2 is 2.00 bits per heavy atom. The van der Waals surface area contributed by atoms with Crippen LogP contribution in [0.15, 0.2) is 0 Å². The first-order chi connectivity index (χ1) is 6.31. The zero-order valence-corrected chi connectivity index (χ0v) is 8.91. The number of aliphatic carboxylic acids is 1. The van der Waals surface area contributed by atoms with Gasteiger partial charge in [-0.2, -0.15) is 0 Å². The van der Waals surface area contributed by atoms with Crippen molar-refractivity contribution in [3.8, 4) is 0 Å². The minimum atomic E-state index is -3.87. The van der Waals surface area contributed by atoms with Crippen LogP contribution >= 0.6 is 0 Å². The van der Waals surface area contributed by atoms with Gasteiger partial charge in [0.25, 0.3) is 0 Å². The van der Waals surface area contributed by atoms with Gasteiger partial charge in [-0.05, 0) is 13.3 Å². The Bertz CT molecular complexity index is 286. The molecule has 14 heavy (non-hydrogen) atoms. The monoisotopic (exact) mass is 225 g/mol. The Hall–Kier alpha value is -0.660. The molecule has 0 fully saturated rings. The molecule has 2 unspecified atom stereocenters. The van der Waals surface area contributed by atoms with E-state index in [4.69, 9.17) is 10.2 Å². The lowest BCUT2D eigenvalue weighted by Crippen LogP contribution is -2.40. The fraction of sp³-hybridized carbons (Fsp3) is 0.857. The molecule has 6 nitrogen and oxygen atoms in total. The minimum Gasteiger partial charge on any atom is -0.480 e. The summed E-state index contributed by atoms with van der Waals surface area (Å²) in [5.41, 5.74) is 0. The van der Waals surface area contributed by atoms with Gasteiger partial charge in [-0.15, -0.1) is 0 Å². The molecule has 0 aromatic rings. The van der Waals surface area contributed by atoms with E-state index in [0.29, 0.717) is 6.42 Å².